The van der Waals surface area contributed by atoms with Crippen LogP contribution in [0, 0.1) is 17.8 Å². The van der Waals surface area contributed by atoms with Gasteiger partial charge in [-0.2, -0.15) is 0 Å². The first-order valence-corrected chi connectivity index (χ1v) is 7.11. The molecule has 1 aliphatic carbocycles. The Morgan fingerprint density at radius 2 is 1.94 bits per heavy atom. The monoisotopic (exact) mass is 259 g/mol. The zero-order chi connectivity index (χ0) is 13.3. The fraction of sp³-hybridized carbons (Fsp3) is 0.929. The lowest BCUT2D eigenvalue weighted by Gasteiger charge is -2.43. The van der Waals surface area contributed by atoms with Crippen molar-refractivity contribution in [2.75, 3.05) is 13.1 Å². The number of alkyl halides is 2. The minimum absolute atomic E-state index is 0.00944. The molecule has 0 bridgehead atoms. The van der Waals surface area contributed by atoms with Crippen LogP contribution in [-0.2, 0) is 4.79 Å². The molecule has 104 valence electrons. The summed E-state index contributed by atoms with van der Waals surface area (Å²) in [5, 5.41) is 0. The van der Waals surface area contributed by atoms with Gasteiger partial charge in [-0.05, 0) is 24.7 Å². The van der Waals surface area contributed by atoms with E-state index < -0.39 is 5.92 Å². The number of carbonyl (C=O) groups is 1. The van der Waals surface area contributed by atoms with Crippen molar-refractivity contribution in [3.63, 3.8) is 0 Å². The maximum Gasteiger partial charge on any atom is 0.282 e. The van der Waals surface area contributed by atoms with Crippen molar-refractivity contribution in [2.45, 2.75) is 51.9 Å². The van der Waals surface area contributed by atoms with Gasteiger partial charge in [-0.15, -0.1) is 0 Å². The Bertz CT molecular complexity index is 311. The second kappa shape index (κ2) is 5.14. The number of likely N-dealkylation sites (tertiary alicyclic amines) is 1. The molecule has 4 heteroatoms. The predicted octanol–water partition coefficient (Wildman–Crippen LogP) is 3.32. The summed E-state index contributed by atoms with van der Waals surface area (Å²) in [4.78, 5) is 13.6. The van der Waals surface area contributed by atoms with Crippen molar-refractivity contribution in [3.05, 3.63) is 0 Å². The van der Waals surface area contributed by atoms with Crippen LogP contribution in [0.15, 0.2) is 0 Å². The highest BCUT2D eigenvalue weighted by Crippen LogP contribution is 2.39. The molecule has 3 unspecified atom stereocenters. The molecule has 1 saturated carbocycles. The zero-order valence-corrected chi connectivity index (χ0v) is 11.3. The van der Waals surface area contributed by atoms with Gasteiger partial charge in [0.25, 0.3) is 5.92 Å². The predicted molar refractivity (Wildman–Crippen MR) is 66.4 cm³/mol. The minimum Gasteiger partial charge on any atom is -0.330 e. The maximum atomic E-state index is 12.8. The Morgan fingerprint density at radius 3 is 2.50 bits per heavy atom. The second-order valence-electron chi connectivity index (χ2n) is 5.99. The molecule has 1 amide bonds. The van der Waals surface area contributed by atoms with Gasteiger partial charge < -0.3 is 4.90 Å². The van der Waals surface area contributed by atoms with E-state index in [1.54, 1.807) is 0 Å². The van der Waals surface area contributed by atoms with E-state index in [1.807, 2.05) is 0 Å². The molecule has 18 heavy (non-hydrogen) atoms. The molecular weight excluding hydrogens is 236 g/mol. The molecule has 0 N–H and O–H groups in total. The molecule has 2 rings (SSSR count). The first-order chi connectivity index (χ1) is 8.44. The summed E-state index contributed by atoms with van der Waals surface area (Å²) in [6.45, 7) is 3.59. The van der Waals surface area contributed by atoms with Gasteiger partial charge in [0.05, 0.1) is 13.1 Å². The van der Waals surface area contributed by atoms with Crippen molar-refractivity contribution >= 4 is 5.91 Å². The van der Waals surface area contributed by atoms with E-state index in [4.69, 9.17) is 0 Å². The molecule has 1 saturated heterocycles. The Hall–Kier alpha value is -0.670. The summed E-state index contributed by atoms with van der Waals surface area (Å²) in [6, 6.07) is 0. The van der Waals surface area contributed by atoms with Crippen molar-refractivity contribution in [3.8, 4) is 0 Å². The Morgan fingerprint density at radius 1 is 1.33 bits per heavy atom. The van der Waals surface area contributed by atoms with E-state index in [0.717, 1.165) is 25.7 Å². The van der Waals surface area contributed by atoms with Crippen molar-refractivity contribution < 1.29 is 13.6 Å². The van der Waals surface area contributed by atoms with Crippen LogP contribution in [0.3, 0.4) is 0 Å². The van der Waals surface area contributed by atoms with Crippen molar-refractivity contribution in [2.24, 2.45) is 17.8 Å². The highest BCUT2D eigenvalue weighted by molar-refractivity contribution is 5.80. The number of rotatable bonds is 3. The van der Waals surface area contributed by atoms with Crippen molar-refractivity contribution in [1.29, 1.82) is 0 Å². The first kappa shape index (κ1) is 13.8. The fourth-order valence-electron chi connectivity index (χ4n) is 3.35. The van der Waals surface area contributed by atoms with Crippen LogP contribution in [0.1, 0.15) is 46.0 Å². The second-order valence-corrected chi connectivity index (χ2v) is 5.99. The standard InChI is InChI=1S/C14H23F2NO/c1-3-10(2)11-6-4-5-7-12(11)13(18)17-8-14(15,16)9-17/h10-12H,3-9H2,1-2H3. The molecule has 1 aliphatic heterocycles. The number of amides is 1. The van der Waals surface area contributed by atoms with Gasteiger partial charge in [-0.25, -0.2) is 8.78 Å². The molecule has 0 aromatic carbocycles. The molecule has 0 spiro atoms. The van der Waals surface area contributed by atoms with Gasteiger partial charge in [0.1, 0.15) is 0 Å². The maximum absolute atomic E-state index is 12.8. The highest BCUT2D eigenvalue weighted by Gasteiger charge is 2.49. The van der Waals surface area contributed by atoms with E-state index >= 15 is 0 Å². The van der Waals surface area contributed by atoms with Gasteiger partial charge in [0.2, 0.25) is 5.91 Å². The molecule has 0 radical (unpaired) electrons. The third-order valence-electron chi connectivity index (χ3n) is 4.67. The molecule has 2 aliphatic rings. The van der Waals surface area contributed by atoms with Gasteiger partial charge in [-0.1, -0.05) is 33.1 Å². The third-order valence-corrected chi connectivity index (χ3v) is 4.67. The fourth-order valence-corrected chi connectivity index (χ4v) is 3.35. The first-order valence-electron chi connectivity index (χ1n) is 7.11. The van der Waals surface area contributed by atoms with Gasteiger partial charge in [0, 0.05) is 5.92 Å². The SMILES string of the molecule is CCC(C)C1CCCCC1C(=O)N1CC(F)(F)C1. The average Bonchev–Trinajstić information content (AvgIpc) is 2.34. The van der Waals surface area contributed by atoms with Crippen LogP contribution >= 0.6 is 0 Å². The van der Waals surface area contributed by atoms with Crippen LogP contribution in [0.5, 0.6) is 0 Å². The quantitative estimate of drug-likeness (QED) is 0.761. The van der Waals surface area contributed by atoms with Gasteiger partial charge >= 0.3 is 0 Å². The van der Waals surface area contributed by atoms with E-state index in [-0.39, 0.29) is 24.9 Å². The summed E-state index contributed by atoms with van der Waals surface area (Å²) in [6.07, 6.45) is 5.26. The van der Waals surface area contributed by atoms with Crippen LogP contribution in [0.4, 0.5) is 8.78 Å². The number of nitrogens with zero attached hydrogens (tertiary/aromatic N) is 1. The third kappa shape index (κ3) is 2.67. The topological polar surface area (TPSA) is 20.3 Å². The van der Waals surface area contributed by atoms with Crippen LogP contribution in [0.25, 0.3) is 0 Å². The van der Waals surface area contributed by atoms with Crippen LogP contribution in [-0.4, -0.2) is 29.8 Å². The number of carbonyl (C=O) groups excluding carboxylic acids is 1. The highest BCUT2D eigenvalue weighted by atomic mass is 19.3. The molecule has 3 atom stereocenters. The summed E-state index contributed by atoms with van der Waals surface area (Å²) in [7, 11) is 0. The Balaban J connectivity index is 1.98. The Kier molecular flexibility index (Phi) is 3.93. The van der Waals surface area contributed by atoms with Crippen molar-refractivity contribution in [1.82, 2.24) is 4.90 Å². The average molecular weight is 259 g/mol. The lowest BCUT2D eigenvalue weighted by Crippen LogP contribution is -2.60. The molecule has 0 aromatic heterocycles. The molecule has 2 fully saturated rings. The van der Waals surface area contributed by atoms with E-state index in [1.165, 1.54) is 11.3 Å². The van der Waals surface area contributed by atoms with Gasteiger partial charge in [0.15, 0.2) is 0 Å². The largest absolute Gasteiger partial charge is 0.330 e. The molecular formula is C14H23F2NO. The normalized spacial score (nSPS) is 32.8. The smallest absolute Gasteiger partial charge is 0.282 e. The molecule has 1 heterocycles. The summed E-state index contributed by atoms with van der Waals surface area (Å²) < 4.78 is 25.7. The molecule has 0 aromatic rings. The lowest BCUT2D eigenvalue weighted by molar-refractivity contribution is -0.172. The zero-order valence-electron chi connectivity index (χ0n) is 11.3. The van der Waals surface area contributed by atoms with Crippen LogP contribution in [0.2, 0.25) is 0 Å². The molecule has 2 nitrogen and oxygen atoms in total. The summed E-state index contributed by atoms with van der Waals surface area (Å²) in [5.41, 5.74) is 0. The lowest BCUT2D eigenvalue weighted by atomic mass is 9.71. The van der Waals surface area contributed by atoms with Gasteiger partial charge in [-0.3, -0.25) is 4.79 Å². The summed E-state index contributed by atoms with van der Waals surface area (Å²) >= 11 is 0. The summed E-state index contributed by atoms with van der Waals surface area (Å²) in [5.74, 6) is -1.77. The van der Waals surface area contributed by atoms with Crippen LogP contribution < -0.4 is 0 Å². The number of halogens is 2. The number of hydrogen-bond donors (Lipinski definition) is 0. The van der Waals surface area contributed by atoms with E-state index in [2.05, 4.69) is 13.8 Å². The van der Waals surface area contributed by atoms with E-state index in [9.17, 15) is 13.6 Å². The minimum atomic E-state index is -2.64. The Labute approximate surface area is 108 Å². The van der Waals surface area contributed by atoms with E-state index in [0.29, 0.717) is 11.8 Å². The number of hydrogen-bond acceptors (Lipinski definition) is 1.